The highest BCUT2D eigenvalue weighted by atomic mass is 16.5. The van der Waals surface area contributed by atoms with E-state index in [1.807, 2.05) is 19.1 Å². The van der Waals surface area contributed by atoms with Crippen molar-refractivity contribution < 1.29 is 19.1 Å². The number of amides is 2. The molecule has 1 aliphatic rings. The molecular weight excluding hydrogens is 308 g/mol. The molecule has 1 unspecified atom stereocenters. The summed E-state index contributed by atoms with van der Waals surface area (Å²) in [6, 6.07) is 5.27. The van der Waals surface area contributed by atoms with Crippen LogP contribution in [-0.4, -0.2) is 44.0 Å². The highest BCUT2D eigenvalue weighted by molar-refractivity contribution is 5.85. The van der Waals surface area contributed by atoms with Gasteiger partial charge in [0.25, 0.3) is 0 Å². The Balaban J connectivity index is 1.99. The summed E-state index contributed by atoms with van der Waals surface area (Å²) in [5.41, 5.74) is 0.869. The van der Waals surface area contributed by atoms with Gasteiger partial charge in [0.1, 0.15) is 11.5 Å². The summed E-state index contributed by atoms with van der Waals surface area (Å²) in [6.07, 6.45) is 3.45. The molecule has 0 radical (unpaired) electrons. The fourth-order valence-corrected chi connectivity index (χ4v) is 2.92. The van der Waals surface area contributed by atoms with Crippen LogP contribution in [0, 0.1) is 0 Å². The molecule has 6 heteroatoms. The van der Waals surface area contributed by atoms with E-state index in [4.69, 9.17) is 9.47 Å². The fraction of sp³-hybridized carbons (Fsp3) is 0.556. The number of methoxy groups -OCH3 is 2. The van der Waals surface area contributed by atoms with Crippen LogP contribution in [0.4, 0.5) is 0 Å². The fourth-order valence-electron chi connectivity index (χ4n) is 2.92. The summed E-state index contributed by atoms with van der Waals surface area (Å²) >= 11 is 0. The summed E-state index contributed by atoms with van der Waals surface area (Å²) in [7, 11) is 3.18. The molecule has 1 aromatic carbocycles. The van der Waals surface area contributed by atoms with Crippen LogP contribution in [-0.2, 0) is 9.59 Å². The molecule has 0 aliphatic carbocycles. The molecule has 0 spiro atoms. The third-order valence-corrected chi connectivity index (χ3v) is 4.29. The number of carbonyl (C=O) groups excluding carboxylic acids is 2. The van der Waals surface area contributed by atoms with Gasteiger partial charge in [-0.2, -0.15) is 0 Å². The number of carbonyl (C=O) groups is 2. The molecule has 132 valence electrons. The van der Waals surface area contributed by atoms with E-state index >= 15 is 0 Å². The van der Waals surface area contributed by atoms with Crippen molar-refractivity contribution >= 4 is 11.8 Å². The highest BCUT2D eigenvalue weighted by Crippen LogP contribution is 2.29. The summed E-state index contributed by atoms with van der Waals surface area (Å²) < 4.78 is 10.6. The second-order valence-electron chi connectivity index (χ2n) is 6.02. The van der Waals surface area contributed by atoms with Crippen LogP contribution in [0.2, 0.25) is 0 Å². The van der Waals surface area contributed by atoms with Crippen LogP contribution in [0.5, 0.6) is 11.5 Å². The van der Waals surface area contributed by atoms with Gasteiger partial charge in [0.2, 0.25) is 11.8 Å². The van der Waals surface area contributed by atoms with E-state index in [2.05, 4.69) is 5.32 Å². The van der Waals surface area contributed by atoms with Crippen molar-refractivity contribution in [1.82, 2.24) is 10.2 Å². The lowest BCUT2D eigenvalue weighted by Gasteiger charge is -2.22. The Morgan fingerprint density at radius 2 is 2.04 bits per heavy atom. The molecule has 1 saturated heterocycles. The normalized spacial score (nSPS) is 16.3. The second kappa shape index (κ2) is 8.57. The first kappa shape index (κ1) is 18.1. The van der Waals surface area contributed by atoms with E-state index in [-0.39, 0.29) is 24.4 Å². The molecule has 0 aromatic heterocycles. The SMILES string of the molecule is COc1ccc(C(C)NC(=O)CN2CCCCCC2=O)c(OC)c1. The minimum absolute atomic E-state index is 0.0670. The molecular formula is C18H26N2O4. The van der Waals surface area contributed by atoms with Gasteiger partial charge >= 0.3 is 0 Å². The number of nitrogens with zero attached hydrogens (tertiary/aromatic N) is 1. The molecule has 6 nitrogen and oxygen atoms in total. The van der Waals surface area contributed by atoms with E-state index in [0.717, 1.165) is 24.8 Å². The monoisotopic (exact) mass is 334 g/mol. The van der Waals surface area contributed by atoms with E-state index in [9.17, 15) is 9.59 Å². The Morgan fingerprint density at radius 1 is 1.25 bits per heavy atom. The van der Waals surface area contributed by atoms with Crippen LogP contribution in [0.1, 0.15) is 44.2 Å². The Bertz CT molecular complexity index is 588. The lowest BCUT2D eigenvalue weighted by molar-refractivity contribution is -0.135. The smallest absolute Gasteiger partial charge is 0.240 e. The van der Waals surface area contributed by atoms with E-state index < -0.39 is 0 Å². The van der Waals surface area contributed by atoms with Crippen molar-refractivity contribution in [1.29, 1.82) is 0 Å². The molecule has 0 bridgehead atoms. The van der Waals surface area contributed by atoms with Gasteiger partial charge in [0.05, 0.1) is 26.8 Å². The lowest BCUT2D eigenvalue weighted by Crippen LogP contribution is -2.41. The van der Waals surface area contributed by atoms with Gasteiger partial charge in [-0.05, 0) is 31.9 Å². The van der Waals surface area contributed by atoms with Crippen molar-refractivity contribution in [2.24, 2.45) is 0 Å². The first-order valence-corrected chi connectivity index (χ1v) is 8.34. The van der Waals surface area contributed by atoms with Gasteiger partial charge in [-0.3, -0.25) is 9.59 Å². The van der Waals surface area contributed by atoms with Crippen LogP contribution in [0.15, 0.2) is 18.2 Å². The first-order valence-electron chi connectivity index (χ1n) is 8.34. The number of hydrogen-bond donors (Lipinski definition) is 1. The highest BCUT2D eigenvalue weighted by Gasteiger charge is 2.21. The Kier molecular flexibility index (Phi) is 6.46. The third-order valence-electron chi connectivity index (χ3n) is 4.29. The van der Waals surface area contributed by atoms with Gasteiger partial charge in [-0.1, -0.05) is 6.42 Å². The van der Waals surface area contributed by atoms with E-state index in [0.29, 0.717) is 24.5 Å². The molecule has 1 aliphatic heterocycles. The van der Waals surface area contributed by atoms with Crippen molar-refractivity contribution in [2.75, 3.05) is 27.3 Å². The molecule has 1 fully saturated rings. The van der Waals surface area contributed by atoms with Crippen LogP contribution >= 0.6 is 0 Å². The van der Waals surface area contributed by atoms with Gasteiger partial charge in [-0.15, -0.1) is 0 Å². The number of likely N-dealkylation sites (tertiary alicyclic amines) is 1. The molecule has 1 atom stereocenters. The largest absolute Gasteiger partial charge is 0.497 e. The predicted octanol–water partition coefficient (Wildman–Crippen LogP) is 2.28. The summed E-state index contributed by atoms with van der Waals surface area (Å²) in [5.74, 6) is 1.27. The topological polar surface area (TPSA) is 67.9 Å². The molecule has 2 amide bonds. The number of ether oxygens (including phenoxy) is 2. The third kappa shape index (κ3) is 4.63. The molecule has 1 aromatic rings. The lowest BCUT2D eigenvalue weighted by atomic mass is 10.1. The average molecular weight is 334 g/mol. The summed E-state index contributed by atoms with van der Waals surface area (Å²) in [6.45, 7) is 2.67. The van der Waals surface area contributed by atoms with Crippen LogP contribution in [0.25, 0.3) is 0 Å². The van der Waals surface area contributed by atoms with Gasteiger partial charge < -0.3 is 19.7 Å². The Morgan fingerprint density at radius 3 is 2.75 bits per heavy atom. The Hall–Kier alpha value is -2.24. The molecule has 0 saturated carbocycles. The van der Waals surface area contributed by atoms with Gasteiger partial charge in [0, 0.05) is 24.6 Å². The van der Waals surface area contributed by atoms with E-state index in [1.165, 1.54) is 0 Å². The number of nitrogens with one attached hydrogen (secondary N) is 1. The quantitative estimate of drug-likeness (QED) is 0.867. The molecule has 1 heterocycles. The zero-order valence-electron chi connectivity index (χ0n) is 14.6. The minimum Gasteiger partial charge on any atom is -0.497 e. The van der Waals surface area contributed by atoms with Gasteiger partial charge in [0.15, 0.2) is 0 Å². The molecule has 24 heavy (non-hydrogen) atoms. The van der Waals surface area contributed by atoms with Crippen molar-refractivity contribution in [2.45, 2.75) is 38.6 Å². The first-order chi connectivity index (χ1) is 11.5. The predicted molar refractivity (Wildman–Crippen MR) is 91.2 cm³/mol. The number of benzene rings is 1. The Labute approximate surface area is 143 Å². The van der Waals surface area contributed by atoms with Crippen molar-refractivity contribution in [3.63, 3.8) is 0 Å². The number of rotatable bonds is 6. The van der Waals surface area contributed by atoms with Gasteiger partial charge in [-0.25, -0.2) is 0 Å². The standard InChI is InChI=1S/C18H26N2O4/c1-13(15-9-8-14(23-2)11-16(15)24-3)19-17(21)12-20-10-6-4-5-7-18(20)22/h8-9,11,13H,4-7,10,12H2,1-3H3,(H,19,21). The number of hydrogen-bond acceptors (Lipinski definition) is 4. The maximum Gasteiger partial charge on any atom is 0.240 e. The van der Waals surface area contributed by atoms with Crippen LogP contribution < -0.4 is 14.8 Å². The van der Waals surface area contributed by atoms with Crippen LogP contribution in [0.3, 0.4) is 0 Å². The maximum atomic E-state index is 12.3. The average Bonchev–Trinajstić information content (AvgIpc) is 2.78. The maximum absolute atomic E-state index is 12.3. The second-order valence-corrected chi connectivity index (χ2v) is 6.02. The van der Waals surface area contributed by atoms with E-state index in [1.54, 1.807) is 25.2 Å². The minimum atomic E-state index is -0.222. The van der Waals surface area contributed by atoms with Crippen molar-refractivity contribution in [3.05, 3.63) is 23.8 Å². The zero-order valence-corrected chi connectivity index (χ0v) is 14.6. The summed E-state index contributed by atoms with van der Waals surface area (Å²) in [5, 5.41) is 2.94. The van der Waals surface area contributed by atoms with Crippen molar-refractivity contribution in [3.8, 4) is 11.5 Å². The molecule has 2 rings (SSSR count). The summed E-state index contributed by atoms with van der Waals surface area (Å²) in [4.78, 5) is 25.9. The zero-order chi connectivity index (χ0) is 17.5. The molecule has 1 N–H and O–H groups in total.